The van der Waals surface area contributed by atoms with Crippen LogP contribution in [0, 0.1) is 12.8 Å². The number of rotatable bonds is 6. The van der Waals surface area contributed by atoms with Crippen LogP contribution in [0.1, 0.15) is 53.6 Å². The first kappa shape index (κ1) is 22.0. The van der Waals surface area contributed by atoms with Crippen molar-refractivity contribution in [1.29, 1.82) is 0 Å². The lowest BCUT2D eigenvalue weighted by Crippen LogP contribution is -2.38. The molecule has 0 radical (unpaired) electrons. The van der Waals surface area contributed by atoms with Gasteiger partial charge in [-0.05, 0) is 81.2 Å². The quantitative estimate of drug-likeness (QED) is 0.674. The molecule has 2 aliphatic heterocycles. The van der Waals surface area contributed by atoms with Gasteiger partial charge < -0.3 is 4.90 Å². The van der Waals surface area contributed by atoms with Gasteiger partial charge in [-0.15, -0.1) is 0 Å². The van der Waals surface area contributed by atoms with E-state index in [2.05, 4.69) is 31.2 Å². The van der Waals surface area contributed by atoms with Crippen LogP contribution in [-0.4, -0.2) is 49.7 Å². The number of amides is 1. The Morgan fingerprint density at radius 2 is 1.52 bits per heavy atom. The lowest BCUT2D eigenvalue weighted by atomic mass is 9.90. The van der Waals surface area contributed by atoms with Gasteiger partial charge >= 0.3 is 0 Å². The van der Waals surface area contributed by atoms with E-state index in [1.807, 2.05) is 4.90 Å². The summed E-state index contributed by atoms with van der Waals surface area (Å²) in [6.45, 7) is 4.82. The van der Waals surface area contributed by atoms with Crippen molar-refractivity contribution in [3.8, 4) is 0 Å². The first-order valence-corrected chi connectivity index (χ1v) is 12.8. The molecule has 0 saturated carbocycles. The predicted molar refractivity (Wildman–Crippen MR) is 123 cm³/mol. The predicted octanol–water partition coefficient (Wildman–Crippen LogP) is 4.26. The van der Waals surface area contributed by atoms with Gasteiger partial charge in [-0.3, -0.25) is 4.79 Å². The molecule has 0 atom stereocenters. The first-order chi connectivity index (χ1) is 14.9. The maximum absolute atomic E-state index is 12.9. The number of sulfonamides is 1. The van der Waals surface area contributed by atoms with E-state index in [0.29, 0.717) is 24.6 Å². The highest BCUT2D eigenvalue weighted by atomic mass is 32.2. The molecule has 0 unspecified atom stereocenters. The minimum Gasteiger partial charge on any atom is -0.339 e. The van der Waals surface area contributed by atoms with Gasteiger partial charge in [0.2, 0.25) is 10.0 Å². The Morgan fingerprint density at radius 3 is 2.13 bits per heavy atom. The van der Waals surface area contributed by atoms with Gasteiger partial charge in [0, 0.05) is 31.7 Å². The van der Waals surface area contributed by atoms with Crippen LogP contribution in [0.3, 0.4) is 0 Å². The summed E-state index contributed by atoms with van der Waals surface area (Å²) in [7, 11) is -3.44. The zero-order chi connectivity index (χ0) is 21.8. The van der Waals surface area contributed by atoms with Crippen molar-refractivity contribution in [2.45, 2.75) is 50.3 Å². The van der Waals surface area contributed by atoms with Crippen molar-refractivity contribution in [3.05, 3.63) is 65.2 Å². The monoisotopic (exact) mass is 440 g/mol. The van der Waals surface area contributed by atoms with Crippen LogP contribution in [0.4, 0.5) is 0 Å². The lowest BCUT2D eigenvalue weighted by Gasteiger charge is -2.32. The van der Waals surface area contributed by atoms with E-state index in [1.165, 1.54) is 15.4 Å². The highest BCUT2D eigenvalue weighted by Gasteiger charge is 2.28. The molecule has 4 rings (SSSR count). The molecule has 0 aromatic heterocycles. The summed E-state index contributed by atoms with van der Waals surface area (Å²) in [5, 5.41) is 0. The Kier molecular flexibility index (Phi) is 6.77. The normalized spacial score (nSPS) is 18.4. The molecule has 2 aromatic carbocycles. The van der Waals surface area contributed by atoms with Gasteiger partial charge in [-0.25, -0.2) is 8.42 Å². The largest absolute Gasteiger partial charge is 0.339 e. The molecular weight excluding hydrogens is 408 g/mol. The summed E-state index contributed by atoms with van der Waals surface area (Å²) < 4.78 is 26.9. The number of likely N-dealkylation sites (tertiary alicyclic amines) is 1. The molecule has 0 bridgehead atoms. The fourth-order valence-electron chi connectivity index (χ4n) is 4.58. The summed E-state index contributed by atoms with van der Waals surface area (Å²) in [5.41, 5.74) is 3.24. The fourth-order valence-corrected chi connectivity index (χ4v) is 6.10. The molecular formula is C25H32N2O3S. The smallest absolute Gasteiger partial charge is 0.253 e. The van der Waals surface area contributed by atoms with Crippen LogP contribution in [0.15, 0.2) is 53.4 Å². The number of hydrogen-bond donors (Lipinski definition) is 0. The lowest BCUT2D eigenvalue weighted by molar-refractivity contribution is 0.0687. The van der Waals surface area contributed by atoms with Crippen molar-refractivity contribution in [1.82, 2.24) is 9.21 Å². The highest BCUT2D eigenvalue weighted by Crippen LogP contribution is 2.25. The molecule has 2 heterocycles. The number of nitrogens with zero attached hydrogens (tertiary/aromatic N) is 2. The standard InChI is InChI=1S/C25H32N2O3S/c1-20-4-6-21(7-5-20)8-9-22-14-18-26(19-15-22)25(28)23-10-12-24(13-11-23)31(29,30)27-16-2-3-17-27/h4-7,10-13,22H,2-3,8-9,14-19H2,1H3. The van der Waals surface area contributed by atoms with E-state index < -0.39 is 10.0 Å². The van der Waals surface area contributed by atoms with Gasteiger partial charge in [0.15, 0.2) is 0 Å². The Hall–Kier alpha value is -2.18. The van der Waals surface area contributed by atoms with Gasteiger partial charge in [0.05, 0.1) is 4.90 Å². The average Bonchev–Trinajstić information content (AvgIpc) is 3.35. The summed E-state index contributed by atoms with van der Waals surface area (Å²) in [6, 6.07) is 15.2. The molecule has 166 valence electrons. The molecule has 1 amide bonds. The summed E-state index contributed by atoms with van der Waals surface area (Å²) in [4.78, 5) is 15.1. The molecule has 2 saturated heterocycles. The second kappa shape index (κ2) is 9.53. The minimum absolute atomic E-state index is 0.00195. The summed E-state index contributed by atoms with van der Waals surface area (Å²) >= 11 is 0. The second-order valence-corrected chi connectivity index (χ2v) is 10.8. The van der Waals surface area contributed by atoms with Crippen LogP contribution >= 0.6 is 0 Å². The third kappa shape index (κ3) is 5.18. The molecule has 0 spiro atoms. The van der Waals surface area contributed by atoms with Crippen molar-refractivity contribution >= 4 is 15.9 Å². The van der Waals surface area contributed by atoms with Crippen molar-refractivity contribution in [2.75, 3.05) is 26.2 Å². The number of hydrogen-bond acceptors (Lipinski definition) is 3. The molecule has 31 heavy (non-hydrogen) atoms. The van der Waals surface area contributed by atoms with E-state index in [0.717, 1.165) is 51.6 Å². The van der Waals surface area contributed by atoms with E-state index in [1.54, 1.807) is 24.3 Å². The third-order valence-corrected chi connectivity index (χ3v) is 8.58. The average molecular weight is 441 g/mol. The molecule has 0 N–H and O–H groups in total. The summed E-state index contributed by atoms with van der Waals surface area (Å²) in [6.07, 6.45) is 6.13. The number of benzene rings is 2. The van der Waals surface area contributed by atoms with Gasteiger partial charge in [-0.2, -0.15) is 4.31 Å². The molecule has 2 aromatic rings. The van der Waals surface area contributed by atoms with E-state index >= 15 is 0 Å². The van der Waals surface area contributed by atoms with Crippen LogP contribution in [0.2, 0.25) is 0 Å². The van der Waals surface area contributed by atoms with E-state index in [-0.39, 0.29) is 10.8 Å². The number of carbonyl (C=O) groups excluding carboxylic acids is 1. The molecule has 2 fully saturated rings. The molecule has 0 aliphatic carbocycles. The van der Waals surface area contributed by atoms with Crippen LogP contribution in [-0.2, 0) is 16.4 Å². The second-order valence-electron chi connectivity index (χ2n) is 8.90. The van der Waals surface area contributed by atoms with Gasteiger partial charge in [-0.1, -0.05) is 29.8 Å². The minimum atomic E-state index is -3.44. The van der Waals surface area contributed by atoms with Crippen LogP contribution in [0.5, 0.6) is 0 Å². The Bertz CT molecular complexity index is 986. The van der Waals surface area contributed by atoms with Crippen molar-refractivity contribution in [3.63, 3.8) is 0 Å². The van der Waals surface area contributed by atoms with Crippen LogP contribution < -0.4 is 0 Å². The van der Waals surface area contributed by atoms with Crippen LogP contribution in [0.25, 0.3) is 0 Å². The Morgan fingerprint density at radius 1 is 0.903 bits per heavy atom. The highest BCUT2D eigenvalue weighted by molar-refractivity contribution is 7.89. The molecule has 2 aliphatic rings. The van der Waals surface area contributed by atoms with Crippen molar-refractivity contribution in [2.24, 2.45) is 5.92 Å². The van der Waals surface area contributed by atoms with E-state index in [9.17, 15) is 13.2 Å². The van der Waals surface area contributed by atoms with Crippen molar-refractivity contribution < 1.29 is 13.2 Å². The molecule has 5 nitrogen and oxygen atoms in total. The number of piperidine rings is 1. The maximum atomic E-state index is 12.9. The maximum Gasteiger partial charge on any atom is 0.253 e. The van der Waals surface area contributed by atoms with Gasteiger partial charge in [0.25, 0.3) is 5.91 Å². The first-order valence-electron chi connectivity index (χ1n) is 11.4. The van der Waals surface area contributed by atoms with Gasteiger partial charge in [0.1, 0.15) is 0 Å². The zero-order valence-corrected chi connectivity index (χ0v) is 19.1. The summed E-state index contributed by atoms with van der Waals surface area (Å²) in [5.74, 6) is 0.653. The number of aryl methyl sites for hydroxylation is 2. The number of carbonyl (C=O) groups is 1. The Balaban J connectivity index is 1.29. The Labute approximate surface area is 186 Å². The fraction of sp³-hybridized carbons (Fsp3) is 0.480. The zero-order valence-electron chi connectivity index (χ0n) is 18.3. The topological polar surface area (TPSA) is 57.7 Å². The molecule has 6 heteroatoms. The van der Waals surface area contributed by atoms with E-state index in [4.69, 9.17) is 0 Å². The third-order valence-electron chi connectivity index (χ3n) is 6.67. The SMILES string of the molecule is Cc1ccc(CCC2CCN(C(=O)c3ccc(S(=O)(=O)N4CCCC4)cc3)CC2)cc1.